The number of hydrogen-bond acceptors (Lipinski definition) is 2. The van der Waals surface area contributed by atoms with Crippen molar-refractivity contribution in [2.24, 2.45) is 0 Å². The van der Waals surface area contributed by atoms with Crippen LogP contribution in [0.25, 0.3) is 0 Å². The first-order valence-corrected chi connectivity index (χ1v) is 7.00. The summed E-state index contributed by atoms with van der Waals surface area (Å²) in [6.07, 6.45) is 2.14. The number of rotatable bonds is 7. The summed E-state index contributed by atoms with van der Waals surface area (Å²) in [6.45, 7) is 3.39. The standard InChI is InChI=1S/C17H20FNO/c1-2-3-12-20-17-11-7-4-8-14(17)13-19-16-10-6-5-9-15(16)18/h4-11,19H,2-3,12-13H2,1H3. The van der Waals surface area contributed by atoms with Crippen LogP contribution in [0.3, 0.4) is 0 Å². The highest BCUT2D eigenvalue weighted by Gasteiger charge is 2.04. The molecule has 2 rings (SSSR count). The third-order valence-corrected chi connectivity index (χ3v) is 3.07. The van der Waals surface area contributed by atoms with E-state index in [4.69, 9.17) is 4.74 Å². The molecular weight excluding hydrogens is 253 g/mol. The van der Waals surface area contributed by atoms with Crippen molar-refractivity contribution < 1.29 is 9.13 Å². The van der Waals surface area contributed by atoms with Crippen LogP contribution in [-0.2, 0) is 6.54 Å². The zero-order chi connectivity index (χ0) is 14.2. The van der Waals surface area contributed by atoms with Crippen LogP contribution >= 0.6 is 0 Å². The Morgan fingerprint density at radius 2 is 1.80 bits per heavy atom. The number of benzene rings is 2. The van der Waals surface area contributed by atoms with Crippen LogP contribution in [0.15, 0.2) is 48.5 Å². The number of nitrogens with one attached hydrogen (secondary N) is 1. The zero-order valence-corrected chi connectivity index (χ0v) is 11.7. The van der Waals surface area contributed by atoms with Crippen LogP contribution in [-0.4, -0.2) is 6.61 Å². The molecule has 2 nitrogen and oxygen atoms in total. The molecule has 0 aliphatic heterocycles. The molecule has 0 aliphatic rings. The minimum absolute atomic E-state index is 0.239. The Labute approximate surface area is 119 Å². The van der Waals surface area contributed by atoms with Gasteiger partial charge in [0.25, 0.3) is 0 Å². The Hall–Kier alpha value is -2.03. The van der Waals surface area contributed by atoms with Gasteiger partial charge in [0.15, 0.2) is 0 Å². The zero-order valence-electron chi connectivity index (χ0n) is 11.7. The summed E-state index contributed by atoms with van der Waals surface area (Å²) in [4.78, 5) is 0. The van der Waals surface area contributed by atoms with Gasteiger partial charge in [0.05, 0.1) is 12.3 Å². The van der Waals surface area contributed by atoms with E-state index in [1.54, 1.807) is 12.1 Å². The lowest BCUT2D eigenvalue weighted by molar-refractivity contribution is 0.306. The van der Waals surface area contributed by atoms with Crippen molar-refractivity contribution in [3.8, 4) is 5.75 Å². The van der Waals surface area contributed by atoms with Crippen molar-refractivity contribution in [3.63, 3.8) is 0 Å². The van der Waals surface area contributed by atoms with E-state index in [2.05, 4.69) is 12.2 Å². The van der Waals surface area contributed by atoms with Gasteiger partial charge in [-0.15, -0.1) is 0 Å². The summed E-state index contributed by atoms with van der Waals surface area (Å²) in [5, 5.41) is 3.11. The molecule has 0 heterocycles. The minimum atomic E-state index is -0.239. The fourth-order valence-electron chi connectivity index (χ4n) is 1.91. The van der Waals surface area contributed by atoms with Gasteiger partial charge in [0.1, 0.15) is 11.6 Å². The summed E-state index contributed by atoms with van der Waals surface area (Å²) in [5.41, 5.74) is 1.54. The lowest BCUT2D eigenvalue weighted by atomic mass is 10.2. The van der Waals surface area contributed by atoms with E-state index in [0.717, 1.165) is 24.2 Å². The van der Waals surface area contributed by atoms with E-state index in [0.29, 0.717) is 18.8 Å². The first-order chi connectivity index (χ1) is 9.81. The number of halogens is 1. The Bertz CT molecular complexity index is 542. The second-order valence-corrected chi connectivity index (χ2v) is 4.64. The molecule has 0 unspecified atom stereocenters. The monoisotopic (exact) mass is 273 g/mol. The molecule has 0 saturated heterocycles. The van der Waals surface area contributed by atoms with E-state index in [-0.39, 0.29) is 5.82 Å². The SMILES string of the molecule is CCCCOc1ccccc1CNc1ccccc1F. The van der Waals surface area contributed by atoms with Crippen molar-refractivity contribution in [1.29, 1.82) is 0 Å². The topological polar surface area (TPSA) is 21.3 Å². The molecule has 20 heavy (non-hydrogen) atoms. The molecule has 3 heteroatoms. The van der Waals surface area contributed by atoms with Crippen LogP contribution in [0, 0.1) is 5.82 Å². The molecule has 2 aromatic carbocycles. The second kappa shape index (κ2) is 7.53. The summed E-state index contributed by atoms with van der Waals surface area (Å²) < 4.78 is 19.3. The summed E-state index contributed by atoms with van der Waals surface area (Å²) in [6, 6.07) is 14.5. The van der Waals surface area contributed by atoms with Crippen molar-refractivity contribution >= 4 is 5.69 Å². The Balaban J connectivity index is 2.00. The van der Waals surface area contributed by atoms with Gasteiger partial charge < -0.3 is 10.1 Å². The Morgan fingerprint density at radius 1 is 1.05 bits per heavy atom. The van der Waals surface area contributed by atoms with Gasteiger partial charge in [-0.1, -0.05) is 43.7 Å². The summed E-state index contributed by atoms with van der Waals surface area (Å²) in [5.74, 6) is 0.627. The number of hydrogen-bond donors (Lipinski definition) is 1. The second-order valence-electron chi connectivity index (χ2n) is 4.64. The predicted molar refractivity (Wildman–Crippen MR) is 80.6 cm³/mol. The molecule has 0 amide bonds. The van der Waals surface area contributed by atoms with E-state index < -0.39 is 0 Å². The highest BCUT2D eigenvalue weighted by Crippen LogP contribution is 2.21. The molecule has 0 aliphatic carbocycles. The van der Waals surface area contributed by atoms with E-state index in [9.17, 15) is 4.39 Å². The molecule has 0 bridgehead atoms. The number of para-hydroxylation sites is 2. The van der Waals surface area contributed by atoms with E-state index >= 15 is 0 Å². The van der Waals surface area contributed by atoms with E-state index in [1.165, 1.54) is 6.07 Å². The summed E-state index contributed by atoms with van der Waals surface area (Å²) in [7, 11) is 0. The molecule has 0 atom stereocenters. The first kappa shape index (κ1) is 14.4. The van der Waals surface area contributed by atoms with Gasteiger partial charge in [-0.2, -0.15) is 0 Å². The molecule has 0 fully saturated rings. The van der Waals surface area contributed by atoms with Crippen LogP contribution in [0.1, 0.15) is 25.3 Å². The number of ether oxygens (including phenoxy) is 1. The molecular formula is C17H20FNO. The fraction of sp³-hybridized carbons (Fsp3) is 0.294. The van der Waals surface area contributed by atoms with E-state index in [1.807, 2.05) is 30.3 Å². The maximum atomic E-state index is 13.5. The first-order valence-electron chi connectivity index (χ1n) is 7.00. The lowest BCUT2D eigenvalue weighted by Gasteiger charge is -2.13. The number of unbranched alkanes of at least 4 members (excludes halogenated alkanes) is 1. The van der Waals surface area contributed by atoms with Crippen molar-refractivity contribution in [2.75, 3.05) is 11.9 Å². The third-order valence-electron chi connectivity index (χ3n) is 3.07. The van der Waals surface area contributed by atoms with Crippen LogP contribution < -0.4 is 10.1 Å². The lowest BCUT2D eigenvalue weighted by Crippen LogP contribution is -2.05. The maximum Gasteiger partial charge on any atom is 0.146 e. The van der Waals surface area contributed by atoms with Crippen molar-refractivity contribution in [1.82, 2.24) is 0 Å². The largest absolute Gasteiger partial charge is 0.493 e. The van der Waals surface area contributed by atoms with Gasteiger partial charge in [-0.05, 0) is 24.6 Å². The van der Waals surface area contributed by atoms with Gasteiger partial charge in [0, 0.05) is 12.1 Å². The minimum Gasteiger partial charge on any atom is -0.493 e. The Kier molecular flexibility index (Phi) is 5.42. The highest BCUT2D eigenvalue weighted by atomic mass is 19.1. The van der Waals surface area contributed by atoms with Crippen molar-refractivity contribution in [3.05, 3.63) is 59.9 Å². The van der Waals surface area contributed by atoms with Gasteiger partial charge in [0.2, 0.25) is 0 Å². The average molecular weight is 273 g/mol. The van der Waals surface area contributed by atoms with Crippen LogP contribution in [0.5, 0.6) is 5.75 Å². The molecule has 2 aromatic rings. The molecule has 0 aromatic heterocycles. The summed E-state index contributed by atoms with van der Waals surface area (Å²) >= 11 is 0. The molecule has 0 saturated carbocycles. The van der Waals surface area contributed by atoms with Gasteiger partial charge in [-0.25, -0.2) is 4.39 Å². The van der Waals surface area contributed by atoms with Gasteiger partial charge >= 0.3 is 0 Å². The Morgan fingerprint density at radius 3 is 2.60 bits per heavy atom. The smallest absolute Gasteiger partial charge is 0.146 e. The maximum absolute atomic E-state index is 13.5. The normalized spacial score (nSPS) is 10.3. The quantitative estimate of drug-likeness (QED) is 0.743. The fourth-order valence-corrected chi connectivity index (χ4v) is 1.91. The molecule has 0 radical (unpaired) electrons. The average Bonchev–Trinajstić information content (AvgIpc) is 2.48. The molecule has 106 valence electrons. The van der Waals surface area contributed by atoms with Crippen LogP contribution in [0.4, 0.5) is 10.1 Å². The van der Waals surface area contributed by atoms with Crippen molar-refractivity contribution in [2.45, 2.75) is 26.3 Å². The molecule has 1 N–H and O–H groups in total. The highest BCUT2D eigenvalue weighted by molar-refractivity contribution is 5.46. The number of anilines is 1. The van der Waals surface area contributed by atoms with Crippen LogP contribution in [0.2, 0.25) is 0 Å². The third kappa shape index (κ3) is 3.98. The predicted octanol–water partition coefficient (Wildman–Crippen LogP) is 4.62. The van der Waals surface area contributed by atoms with Gasteiger partial charge in [-0.3, -0.25) is 0 Å². The molecule has 0 spiro atoms.